The van der Waals surface area contributed by atoms with E-state index in [0.29, 0.717) is 16.3 Å². The zero-order valence-corrected chi connectivity index (χ0v) is 16.0. The van der Waals surface area contributed by atoms with Gasteiger partial charge in [0.2, 0.25) is 0 Å². The van der Waals surface area contributed by atoms with Crippen molar-refractivity contribution < 1.29 is 14.3 Å². The molecule has 0 unspecified atom stereocenters. The number of aromatic nitrogens is 1. The summed E-state index contributed by atoms with van der Waals surface area (Å²) >= 11 is 2.79. The molecule has 27 heavy (non-hydrogen) atoms. The molecule has 0 atom stereocenters. The van der Waals surface area contributed by atoms with E-state index in [0.717, 1.165) is 10.6 Å². The highest BCUT2D eigenvalue weighted by atomic mass is 32.1. The maximum atomic E-state index is 12.4. The number of benzene rings is 1. The Morgan fingerprint density at radius 3 is 2.70 bits per heavy atom. The van der Waals surface area contributed by atoms with Crippen LogP contribution in [0, 0.1) is 18.3 Å². The van der Waals surface area contributed by atoms with E-state index in [1.807, 2.05) is 29.0 Å². The Balaban J connectivity index is 1.68. The van der Waals surface area contributed by atoms with E-state index in [1.165, 1.54) is 16.2 Å². The van der Waals surface area contributed by atoms with E-state index in [2.05, 4.69) is 4.98 Å². The third-order valence-electron chi connectivity index (χ3n) is 3.67. The van der Waals surface area contributed by atoms with E-state index < -0.39 is 18.5 Å². The number of anilines is 1. The third kappa shape index (κ3) is 4.39. The maximum Gasteiger partial charge on any atom is 0.350 e. The molecule has 3 aromatic rings. The summed E-state index contributed by atoms with van der Waals surface area (Å²) in [5.74, 6) is -1.05. The fraction of sp³-hybridized carbons (Fsp3) is 0.158. The van der Waals surface area contributed by atoms with Crippen LogP contribution in [0.2, 0.25) is 0 Å². The lowest BCUT2D eigenvalue weighted by molar-refractivity contribution is -0.121. The van der Waals surface area contributed by atoms with Crippen LogP contribution in [0.25, 0.3) is 10.6 Å². The summed E-state index contributed by atoms with van der Waals surface area (Å²) in [6.45, 7) is 1.17. The zero-order chi connectivity index (χ0) is 19.2. The van der Waals surface area contributed by atoms with Gasteiger partial charge in [-0.25, -0.2) is 9.78 Å². The van der Waals surface area contributed by atoms with E-state index in [-0.39, 0.29) is 6.54 Å². The van der Waals surface area contributed by atoms with Crippen LogP contribution >= 0.6 is 22.7 Å². The quantitative estimate of drug-likeness (QED) is 0.465. The second kappa shape index (κ2) is 8.58. The van der Waals surface area contributed by atoms with E-state index in [1.54, 1.807) is 42.5 Å². The number of para-hydroxylation sites is 1. The van der Waals surface area contributed by atoms with Gasteiger partial charge in [-0.2, -0.15) is 16.6 Å². The van der Waals surface area contributed by atoms with Crippen LogP contribution in [0.4, 0.5) is 5.69 Å². The molecule has 0 N–H and O–H groups in total. The topological polar surface area (TPSA) is 83.3 Å². The maximum absolute atomic E-state index is 12.4. The van der Waals surface area contributed by atoms with Crippen molar-refractivity contribution in [1.82, 2.24) is 4.98 Å². The number of amides is 1. The minimum Gasteiger partial charge on any atom is -0.451 e. The number of hydrogen-bond donors (Lipinski definition) is 0. The summed E-state index contributed by atoms with van der Waals surface area (Å²) < 4.78 is 5.18. The summed E-state index contributed by atoms with van der Waals surface area (Å²) in [6.07, 6.45) is 0. The number of hydrogen-bond acceptors (Lipinski definition) is 7. The Bertz CT molecular complexity index is 976. The SMILES string of the molecule is Cc1nc(-c2ccsc2)sc1C(=O)OCC(=O)N(CC#N)c1ccccc1. The average Bonchev–Trinajstić information content (AvgIpc) is 3.34. The van der Waals surface area contributed by atoms with E-state index >= 15 is 0 Å². The number of carbonyl (C=O) groups excluding carboxylic acids is 2. The van der Waals surface area contributed by atoms with Crippen molar-refractivity contribution in [3.63, 3.8) is 0 Å². The van der Waals surface area contributed by atoms with Gasteiger partial charge in [-0.05, 0) is 30.5 Å². The van der Waals surface area contributed by atoms with Crippen molar-refractivity contribution in [3.8, 4) is 16.6 Å². The molecule has 6 nitrogen and oxygen atoms in total. The standard InChI is InChI=1S/C19H15N3O3S2/c1-13-17(27-18(21-13)14-7-10-26-12-14)19(24)25-11-16(23)22(9-8-20)15-5-3-2-4-6-15/h2-7,10,12H,9,11H2,1H3. The van der Waals surface area contributed by atoms with Crippen LogP contribution in [-0.4, -0.2) is 30.0 Å². The minimum absolute atomic E-state index is 0.123. The van der Waals surface area contributed by atoms with Gasteiger partial charge in [0.05, 0.1) is 11.8 Å². The number of carbonyl (C=O) groups is 2. The van der Waals surface area contributed by atoms with Crippen molar-refractivity contribution in [2.45, 2.75) is 6.92 Å². The fourth-order valence-corrected chi connectivity index (χ4v) is 4.04. The molecule has 2 heterocycles. The van der Waals surface area contributed by atoms with E-state index in [4.69, 9.17) is 10.00 Å². The van der Waals surface area contributed by atoms with Crippen LogP contribution in [0.3, 0.4) is 0 Å². The largest absolute Gasteiger partial charge is 0.451 e. The number of rotatable bonds is 6. The van der Waals surface area contributed by atoms with Gasteiger partial charge >= 0.3 is 5.97 Å². The van der Waals surface area contributed by atoms with Crippen LogP contribution in [-0.2, 0) is 9.53 Å². The molecular weight excluding hydrogens is 382 g/mol. The first-order valence-corrected chi connectivity index (χ1v) is 9.75. The minimum atomic E-state index is -0.593. The van der Waals surface area contributed by atoms with Crippen molar-refractivity contribution in [2.75, 3.05) is 18.1 Å². The molecule has 2 aromatic heterocycles. The summed E-state index contributed by atoms with van der Waals surface area (Å²) in [5, 5.41) is 13.6. The molecule has 0 saturated carbocycles. The highest BCUT2D eigenvalue weighted by molar-refractivity contribution is 7.17. The number of nitriles is 1. The number of thiazole rings is 1. The Kier molecular flexibility index (Phi) is 5.96. The molecule has 0 aliphatic heterocycles. The highest BCUT2D eigenvalue weighted by Crippen LogP contribution is 2.29. The molecule has 1 aromatic carbocycles. The number of esters is 1. The Morgan fingerprint density at radius 2 is 2.04 bits per heavy atom. The lowest BCUT2D eigenvalue weighted by atomic mass is 10.3. The van der Waals surface area contributed by atoms with Gasteiger partial charge in [0.1, 0.15) is 16.4 Å². The Morgan fingerprint density at radius 1 is 1.26 bits per heavy atom. The van der Waals surface area contributed by atoms with Crippen molar-refractivity contribution >= 4 is 40.2 Å². The molecule has 1 amide bonds. The second-order valence-corrected chi connectivity index (χ2v) is 7.27. The summed E-state index contributed by atoms with van der Waals surface area (Å²) in [7, 11) is 0. The van der Waals surface area contributed by atoms with Crippen LogP contribution in [0.15, 0.2) is 47.2 Å². The number of nitrogens with zero attached hydrogens (tertiary/aromatic N) is 3. The van der Waals surface area contributed by atoms with Crippen molar-refractivity contribution in [1.29, 1.82) is 5.26 Å². The monoisotopic (exact) mass is 397 g/mol. The third-order valence-corrected chi connectivity index (χ3v) is 5.54. The summed E-state index contributed by atoms with van der Waals surface area (Å²) in [5.41, 5.74) is 2.09. The molecular formula is C19H15N3O3S2. The summed E-state index contributed by atoms with van der Waals surface area (Å²) in [4.78, 5) is 30.9. The predicted molar refractivity (Wildman–Crippen MR) is 105 cm³/mol. The van der Waals surface area contributed by atoms with Gasteiger partial charge in [-0.3, -0.25) is 9.69 Å². The lowest BCUT2D eigenvalue weighted by Crippen LogP contribution is -2.35. The normalized spacial score (nSPS) is 10.2. The molecule has 0 aliphatic rings. The van der Waals surface area contributed by atoms with Crippen LogP contribution in [0.1, 0.15) is 15.4 Å². The van der Waals surface area contributed by atoms with E-state index in [9.17, 15) is 9.59 Å². The van der Waals surface area contributed by atoms with Gasteiger partial charge in [0, 0.05) is 16.6 Å². The number of ether oxygens (including phenoxy) is 1. The van der Waals surface area contributed by atoms with Crippen LogP contribution in [0.5, 0.6) is 0 Å². The van der Waals surface area contributed by atoms with Gasteiger partial charge in [0.25, 0.3) is 5.91 Å². The smallest absolute Gasteiger partial charge is 0.350 e. The summed E-state index contributed by atoms with van der Waals surface area (Å²) in [6, 6.07) is 12.7. The molecule has 136 valence electrons. The first kappa shape index (κ1) is 18.8. The Labute approximate surface area is 164 Å². The molecule has 0 spiro atoms. The van der Waals surface area contributed by atoms with Crippen LogP contribution < -0.4 is 4.90 Å². The molecule has 0 saturated heterocycles. The zero-order valence-electron chi connectivity index (χ0n) is 14.4. The first-order chi connectivity index (χ1) is 13.1. The molecule has 8 heteroatoms. The average molecular weight is 397 g/mol. The highest BCUT2D eigenvalue weighted by Gasteiger charge is 2.21. The van der Waals surface area contributed by atoms with Gasteiger partial charge in [0.15, 0.2) is 6.61 Å². The molecule has 0 radical (unpaired) electrons. The van der Waals surface area contributed by atoms with Gasteiger partial charge in [-0.15, -0.1) is 11.3 Å². The Hall–Kier alpha value is -3.02. The molecule has 3 rings (SSSR count). The number of thiophene rings is 1. The first-order valence-electron chi connectivity index (χ1n) is 7.99. The van der Waals surface area contributed by atoms with Crippen molar-refractivity contribution in [2.24, 2.45) is 0 Å². The lowest BCUT2D eigenvalue weighted by Gasteiger charge is -2.19. The molecule has 0 bridgehead atoms. The second-order valence-electron chi connectivity index (χ2n) is 5.50. The molecule has 0 aliphatic carbocycles. The fourth-order valence-electron chi connectivity index (χ4n) is 2.37. The van der Waals surface area contributed by atoms with Gasteiger partial charge in [-0.1, -0.05) is 18.2 Å². The molecule has 0 fully saturated rings. The van der Waals surface area contributed by atoms with Crippen molar-refractivity contribution in [3.05, 3.63) is 57.7 Å². The number of aryl methyl sites for hydroxylation is 1. The predicted octanol–water partition coefficient (Wildman–Crippen LogP) is 3.89. The van der Waals surface area contributed by atoms with Gasteiger partial charge < -0.3 is 4.74 Å².